The van der Waals surface area contributed by atoms with Gasteiger partial charge in [-0.25, -0.2) is 0 Å². The van der Waals surface area contributed by atoms with E-state index in [2.05, 4.69) is 0 Å². The van der Waals surface area contributed by atoms with Crippen LogP contribution in [-0.2, 0) is 6.18 Å². The topological polar surface area (TPSA) is 26.0 Å². The molecule has 1 fully saturated rings. The minimum Gasteiger partial charge on any atom is -0.324 e. The number of nitrogens with two attached hydrogens (primary N) is 1. The summed E-state index contributed by atoms with van der Waals surface area (Å²) >= 11 is 5.71. The molecular weight excluding hydrogens is 251 g/mol. The first kappa shape index (κ1) is 12.7. The predicted molar refractivity (Wildman–Crippen MR) is 60.7 cm³/mol. The van der Waals surface area contributed by atoms with Crippen LogP contribution in [0, 0.1) is 5.92 Å². The zero-order valence-electron chi connectivity index (χ0n) is 9.10. The molecule has 0 spiro atoms. The number of benzene rings is 1. The van der Waals surface area contributed by atoms with E-state index < -0.39 is 11.7 Å². The van der Waals surface area contributed by atoms with Crippen LogP contribution in [-0.4, -0.2) is 0 Å². The largest absolute Gasteiger partial charge is 0.416 e. The van der Waals surface area contributed by atoms with Gasteiger partial charge in [0.05, 0.1) is 5.56 Å². The molecule has 1 aliphatic carbocycles. The maximum atomic E-state index is 12.6. The molecule has 5 heteroatoms. The van der Waals surface area contributed by atoms with E-state index in [1.54, 1.807) is 0 Å². The van der Waals surface area contributed by atoms with Crippen molar-refractivity contribution in [2.24, 2.45) is 11.7 Å². The number of hydrogen-bond acceptors (Lipinski definition) is 1. The minimum atomic E-state index is -4.38. The van der Waals surface area contributed by atoms with E-state index in [4.69, 9.17) is 17.3 Å². The highest BCUT2D eigenvalue weighted by molar-refractivity contribution is 6.30. The standard InChI is InChI=1S/C12H13ClF3N/c13-10-5-8(11(17)7-2-1-3-7)4-9(6-10)12(14,15)16/h4-7,11H,1-3,17H2/t11-/m0/s1. The molecule has 0 radical (unpaired) electrons. The fourth-order valence-electron chi connectivity index (χ4n) is 2.04. The zero-order valence-corrected chi connectivity index (χ0v) is 9.85. The van der Waals surface area contributed by atoms with Crippen LogP contribution in [0.1, 0.15) is 36.4 Å². The molecule has 0 unspecified atom stereocenters. The maximum Gasteiger partial charge on any atom is 0.416 e. The van der Waals surface area contributed by atoms with Gasteiger partial charge in [-0.05, 0) is 42.5 Å². The summed E-state index contributed by atoms with van der Waals surface area (Å²) in [6, 6.07) is 3.22. The second-order valence-corrected chi connectivity index (χ2v) is 4.92. The normalized spacial score (nSPS) is 18.9. The van der Waals surface area contributed by atoms with Gasteiger partial charge in [0.1, 0.15) is 0 Å². The first-order valence-electron chi connectivity index (χ1n) is 5.51. The quantitative estimate of drug-likeness (QED) is 0.852. The molecule has 0 aliphatic heterocycles. The van der Waals surface area contributed by atoms with E-state index in [1.807, 2.05) is 0 Å². The molecule has 17 heavy (non-hydrogen) atoms. The first-order valence-corrected chi connectivity index (χ1v) is 5.89. The Morgan fingerprint density at radius 2 is 1.88 bits per heavy atom. The molecular formula is C12H13ClF3N. The van der Waals surface area contributed by atoms with Crippen LogP contribution >= 0.6 is 11.6 Å². The maximum absolute atomic E-state index is 12.6. The summed E-state index contributed by atoms with van der Waals surface area (Å²) in [5, 5.41) is 0.0876. The summed E-state index contributed by atoms with van der Waals surface area (Å²) < 4.78 is 37.8. The predicted octanol–water partition coefficient (Wildman–Crippen LogP) is 4.16. The fraction of sp³-hybridized carbons (Fsp3) is 0.500. The summed E-state index contributed by atoms with van der Waals surface area (Å²) in [6.07, 6.45) is -1.31. The minimum absolute atomic E-state index is 0.0876. The molecule has 1 aromatic rings. The molecule has 94 valence electrons. The third-order valence-corrected chi connectivity index (χ3v) is 3.51. The molecule has 2 N–H and O–H groups in total. The summed E-state index contributed by atoms with van der Waals surface area (Å²) in [4.78, 5) is 0. The number of hydrogen-bond donors (Lipinski definition) is 1. The Balaban J connectivity index is 2.30. The van der Waals surface area contributed by atoms with Crippen molar-refractivity contribution in [2.75, 3.05) is 0 Å². The lowest BCUT2D eigenvalue weighted by Gasteiger charge is -2.31. The average molecular weight is 264 g/mol. The molecule has 1 atom stereocenters. The molecule has 0 heterocycles. The van der Waals surface area contributed by atoms with Crippen LogP contribution in [0.5, 0.6) is 0 Å². The molecule has 1 nitrogen and oxygen atoms in total. The van der Waals surface area contributed by atoms with Gasteiger partial charge in [0.25, 0.3) is 0 Å². The molecule has 1 aliphatic rings. The number of halogens is 4. The molecule has 1 aromatic carbocycles. The summed E-state index contributed by atoms with van der Waals surface area (Å²) in [6.45, 7) is 0. The SMILES string of the molecule is N[C@H](c1cc(Cl)cc(C(F)(F)F)c1)C1CCC1. The highest BCUT2D eigenvalue weighted by Crippen LogP contribution is 2.39. The Morgan fingerprint density at radius 1 is 1.24 bits per heavy atom. The molecule has 0 amide bonds. The first-order chi connectivity index (χ1) is 7.88. The van der Waals surface area contributed by atoms with Gasteiger partial charge in [0.15, 0.2) is 0 Å². The third kappa shape index (κ3) is 2.75. The van der Waals surface area contributed by atoms with Crippen molar-refractivity contribution in [3.05, 3.63) is 34.3 Å². The highest BCUT2D eigenvalue weighted by atomic mass is 35.5. The molecule has 0 bridgehead atoms. The van der Waals surface area contributed by atoms with Gasteiger partial charge in [-0.3, -0.25) is 0 Å². The van der Waals surface area contributed by atoms with Crippen LogP contribution in [0.4, 0.5) is 13.2 Å². The van der Waals surface area contributed by atoms with Gasteiger partial charge in [-0.15, -0.1) is 0 Å². The Morgan fingerprint density at radius 3 is 2.35 bits per heavy atom. The van der Waals surface area contributed by atoms with E-state index in [0.29, 0.717) is 5.56 Å². The lowest BCUT2D eigenvalue weighted by molar-refractivity contribution is -0.137. The van der Waals surface area contributed by atoms with Crippen LogP contribution in [0.3, 0.4) is 0 Å². The van der Waals surface area contributed by atoms with E-state index in [9.17, 15) is 13.2 Å². The van der Waals surface area contributed by atoms with E-state index in [0.717, 1.165) is 31.4 Å². The summed E-state index contributed by atoms with van der Waals surface area (Å²) in [5.74, 6) is 0.287. The average Bonchev–Trinajstić information content (AvgIpc) is 2.12. The fourth-order valence-corrected chi connectivity index (χ4v) is 2.28. The Kier molecular flexibility index (Phi) is 3.36. The number of rotatable bonds is 2. The Hall–Kier alpha value is -0.740. The van der Waals surface area contributed by atoms with Crippen LogP contribution < -0.4 is 5.73 Å². The summed E-state index contributed by atoms with van der Waals surface area (Å²) in [7, 11) is 0. The van der Waals surface area contributed by atoms with Crippen molar-refractivity contribution in [1.29, 1.82) is 0 Å². The van der Waals surface area contributed by atoms with Crippen LogP contribution in [0.2, 0.25) is 5.02 Å². The Bertz CT molecular complexity index is 413. The lowest BCUT2D eigenvalue weighted by Crippen LogP contribution is -2.27. The van der Waals surface area contributed by atoms with Gasteiger partial charge >= 0.3 is 6.18 Å². The van der Waals surface area contributed by atoms with Gasteiger partial charge in [0.2, 0.25) is 0 Å². The van der Waals surface area contributed by atoms with Gasteiger partial charge < -0.3 is 5.73 Å². The zero-order chi connectivity index (χ0) is 12.6. The van der Waals surface area contributed by atoms with Gasteiger partial charge in [-0.2, -0.15) is 13.2 Å². The third-order valence-electron chi connectivity index (χ3n) is 3.29. The highest BCUT2D eigenvalue weighted by Gasteiger charge is 2.33. The van der Waals surface area contributed by atoms with Gasteiger partial charge in [0, 0.05) is 11.1 Å². The number of alkyl halides is 3. The second kappa shape index (κ2) is 4.50. The van der Waals surface area contributed by atoms with E-state index >= 15 is 0 Å². The molecule has 0 saturated heterocycles. The van der Waals surface area contributed by atoms with Crippen molar-refractivity contribution >= 4 is 11.6 Å². The monoisotopic (exact) mass is 263 g/mol. The van der Waals surface area contributed by atoms with Crippen molar-refractivity contribution in [1.82, 2.24) is 0 Å². The van der Waals surface area contributed by atoms with Crippen molar-refractivity contribution in [2.45, 2.75) is 31.5 Å². The van der Waals surface area contributed by atoms with Crippen molar-refractivity contribution in [3.63, 3.8) is 0 Å². The smallest absolute Gasteiger partial charge is 0.324 e. The van der Waals surface area contributed by atoms with Crippen LogP contribution in [0.15, 0.2) is 18.2 Å². The molecule has 1 saturated carbocycles. The molecule has 0 aromatic heterocycles. The van der Waals surface area contributed by atoms with Crippen molar-refractivity contribution < 1.29 is 13.2 Å². The second-order valence-electron chi connectivity index (χ2n) is 4.49. The van der Waals surface area contributed by atoms with E-state index in [1.165, 1.54) is 6.07 Å². The summed E-state index contributed by atoms with van der Waals surface area (Å²) in [5.41, 5.74) is 5.71. The van der Waals surface area contributed by atoms with Crippen LogP contribution in [0.25, 0.3) is 0 Å². The Labute approximate surface area is 103 Å². The van der Waals surface area contributed by atoms with E-state index in [-0.39, 0.29) is 17.0 Å². The van der Waals surface area contributed by atoms with Crippen molar-refractivity contribution in [3.8, 4) is 0 Å². The lowest BCUT2D eigenvalue weighted by atomic mass is 9.77. The molecule has 2 rings (SSSR count). The van der Waals surface area contributed by atoms with Gasteiger partial charge in [-0.1, -0.05) is 18.0 Å².